The number of methoxy groups -OCH3 is 2. The summed E-state index contributed by atoms with van der Waals surface area (Å²) in [5, 5.41) is 11.9. The molecule has 7 nitrogen and oxygen atoms in total. The summed E-state index contributed by atoms with van der Waals surface area (Å²) < 4.78 is 13.6. The van der Waals surface area contributed by atoms with E-state index in [9.17, 15) is 14.7 Å². The zero-order valence-electron chi connectivity index (χ0n) is 20.5. The maximum atomic E-state index is 14.0. The SMILES string of the molecule is COc1cc(C=c2sc3n(c2=O)[C@H](c2c(OC)ccc4ccccc24)C(C(C)=O)=C(C)N=3)c(Br)cc1O. The van der Waals surface area contributed by atoms with Crippen molar-refractivity contribution in [2.75, 3.05) is 14.2 Å². The van der Waals surface area contributed by atoms with Gasteiger partial charge in [-0.2, -0.15) is 0 Å². The minimum atomic E-state index is -0.713. The molecule has 0 unspecified atom stereocenters. The average molecular weight is 579 g/mol. The molecule has 0 saturated carbocycles. The number of ether oxygens (including phenoxy) is 2. The normalized spacial score (nSPS) is 15.5. The second kappa shape index (κ2) is 9.64. The highest BCUT2D eigenvalue weighted by Crippen LogP contribution is 2.40. The van der Waals surface area contributed by atoms with E-state index in [1.165, 1.54) is 31.4 Å². The van der Waals surface area contributed by atoms with Gasteiger partial charge in [-0.15, -0.1) is 0 Å². The van der Waals surface area contributed by atoms with Crippen LogP contribution in [0.5, 0.6) is 17.2 Å². The lowest BCUT2D eigenvalue weighted by atomic mass is 9.89. The summed E-state index contributed by atoms with van der Waals surface area (Å²) in [6.07, 6.45) is 1.72. The van der Waals surface area contributed by atoms with Gasteiger partial charge in [0, 0.05) is 21.3 Å². The van der Waals surface area contributed by atoms with Crippen LogP contribution in [0.25, 0.3) is 16.8 Å². The molecule has 0 amide bonds. The van der Waals surface area contributed by atoms with E-state index < -0.39 is 6.04 Å². The van der Waals surface area contributed by atoms with Gasteiger partial charge in [0.25, 0.3) is 5.56 Å². The predicted octanol–water partition coefficient (Wildman–Crippen LogP) is 4.46. The van der Waals surface area contributed by atoms with Crippen LogP contribution in [0.4, 0.5) is 0 Å². The Labute approximate surface area is 224 Å². The molecule has 3 aromatic carbocycles. The molecule has 0 radical (unpaired) electrons. The maximum Gasteiger partial charge on any atom is 0.271 e. The quantitative estimate of drug-likeness (QED) is 0.377. The first-order valence-corrected chi connectivity index (χ1v) is 13.0. The number of halogens is 1. The number of hydrogen-bond donors (Lipinski definition) is 1. The number of benzene rings is 3. The van der Waals surface area contributed by atoms with Crippen molar-refractivity contribution in [1.82, 2.24) is 4.57 Å². The molecule has 1 aliphatic rings. The summed E-state index contributed by atoms with van der Waals surface area (Å²) in [7, 11) is 3.04. The van der Waals surface area contributed by atoms with Crippen molar-refractivity contribution in [3.8, 4) is 17.2 Å². The van der Waals surface area contributed by atoms with E-state index in [0.29, 0.717) is 36.4 Å². The number of nitrogens with zero attached hydrogens (tertiary/aromatic N) is 2. The third-order valence-corrected chi connectivity index (χ3v) is 8.08. The van der Waals surface area contributed by atoms with Gasteiger partial charge in [0.1, 0.15) is 5.75 Å². The number of carbonyl (C=O) groups is 1. The summed E-state index contributed by atoms with van der Waals surface area (Å²) in [4.78, 5) is 32.1. The molecule has 0 saturated heterocycles. The molecule has 37 heavy (non-hydrogen) atoms. The maximum absolute atomic E-state index is 14.0. The first-order chi connectivity index (χ1) is 17.7. The van der Waals surface area contributed by atoms with Crippen molar-refractivity contribution in [2.24, 2.45) is 4.99 Å². The molecular weight excluding hydrogens is 556 g/mol. The van der Waals surface area contributed by atoms with Crippen molar-refractivity contribution in [1.29, 1.82) is 0 Å². The number of phenols is 1. The first-order valence-electron chi connectivity index (χ1n) is 11.4. The Hall–Kier alpha value is -3.69. The third kappa shape index (κ3) is 4.18. The fourth-order valence-corrected chi connectivity index (χ4v) is 6.24. The molecule has 188 valence electrons. The smallest absolute Gasteiger partial charge is 0.271 e. The molecule has 0 aliphatic carbocycles. The summed E-state index contributed by atoms with van der Waals surface area (Å²) >= 11 is 4.69. The predicted molar refractivity (Wildman–Crippen MR) is 147 cm³/mol. The first kappa shape index (κ1) is 25.0. The van der Waals surface area contributed by atoms with Crippen LogP contribution in [0, 0.1) is 0 Å². The van der Waals surface area contributed by atoms with Gasteiger partial charge in [-0.1, -0.05) is 57.6 Å². The lowest BCUT2D eigenvalue weighted by Crippen LogP contribution is -2.39. The van der Waals surface area contributed by atoms with Gasteiger partial charge < -0.3 is 14.6 Å². The summed E-state index contributed by atoms with van der Waals surface area (Å²) in [5.41, 5.74) is 2.12. The number of aromatic hydroxyl groups is 1. The van der Waals surface area contributed by atoms with Gasteiger partial charge in [-0.25, -0.2) is 4.99 Å². The molecule has 0 bridgehead atoms. The molecule has 1 atom stereocenters. The highest BCUT2D eigenvalue weighted by atomic mass is 79.9. The van der Waals surface area contributed by atoms with Crippen LogP contribution in [0.1, 0.15) is 31.0 Å². The number of carbonyl (C=O) groups excluding carboxylic acids is 1. The van der Waals surface area contributed by atoms with Gasteiger partial charge in [0.15, 0.2) is 22.1 Å². The van der Waals surface area contributed by atoms with Gasteiger partial charge in [-0.05, 0) is 54.5 Å². The van der Waals surface area contributed by atoms with Gasteiger partial charge >= 0.3 is 0 Å². The largest absolute Gasteiger partial charge is 0.504 e. The Morgan fingerprint density at radius 3 is 2.57 bits per heavy atom. The van der Waals surface area contributed by atoms with Crippen LogP contribution in [-0.2, 0) is 4.79 Å². The lowest BCUT2D eigenvalue weighted by Gasteiger charge is -2.27. The van der Waals surface area contributed by atoms with Crippen molar-refractivity contribution in [3.63, 3.8) is 0 Å². The zero-order valence-corrected chi connectivity index (χ0v) is 22.9. The molecule has 2 heterocycles. The standard InChI is InChI=1S/C28H23BrN2O5S/c1-14-24(15(2)32)26(25-18-8-6-5-7-16(18)9-10-21(25)35-3)31-27(34)23(37-28(31)30-14)12-17-11-22(36-4)20(33)13-19(17)29/h5-13,26,33H,1-4H3/t26-/m0/s1. The van der Waals surface area contributed by atoms with E-state index in [1.54, 1.807) is 30.7 Å². The van der Waals surface area contributed by atoms with E-state index in [-0.39, 0.29) is 22.8 Å². The summed E-state index contributed by atoms with van der Waals surface area (Å²) in [5.74, 6) is 0.687. The van der Waals surface area contributed by atoms with Gasteiger partial charge in [0.05, 0.1) is 24.8 Å². The number of aromatic nitrogens is 1. The number of rotatable bonds is 5. The number of fused-ring (bicyclic) bond motifs is 2. The van der Waals surface area contributed by atoms with Crippen molar-refractivity contribution >= 4 is 49.9 Å². The molecule has 5 rings (SSSR count). The van der Waals surface area contributed by atoms with Crippen molar-refractivity contribution < 1.29 is 19.4 Å². The molecule has 9 heteroatoms. The van der Waals surface area contributed by atoms with E-state index in [4.69, 9.17) is 9.47 Å². The molecule has 1 N–H and O–H groups in total. The lowest BCUT2D eigenvalue weighted by molar-refractivity contribution is -0.114. The van der Waals surface area contributed by atoms with Crippen molar-refractivity contribution in [2.45, 2.75) is 19.9 Å². The Bertz CT molecular complexity index is 1800. The summed E-state index contributed by atoms with van der Waals surface area (Å²) in [6.45, 7) is 3.29. The average Bonchev–Trinajstić information content (AvgIpc) is 3.18. The highest BCUT2D eigenvalue weighted by molar-refractivity contribution is 9.10. The molecule has 4 aromatic rings. The Morgan fingerprint density at radius 2 is 1.86 bits per heavy atom. The number of hydrogen-bond acceptors (Lipinski definition) is 7. The second-order valence-corrected chi connectivity index (χ2v) is 10.4. The van der Waals surface area contributed by atoms with Crippen LogP contribution in [0.3, 0.4) is 0 Å². The molecule has 1 aliphatic heterocycles. The molecule has 0 fully saturated rings. The Morgan fingerprint density at radius 1 is 1.14 bits per heavy atom. The van der Waals surface area contributed by atoms with Gasteiger partial charge in [-0.3, -0.25) is 14.2 Å². The Balaban J connectivity index is 1.85. The number of allylic oxidation sites excluding steroid dienone is 2. The topological polar surface area (TPSA) is 90.1 Å². The summed E-state index contributed by atoms with van der Waals surface area (Å²) in [6, 6.07) is 14.1. The number of ketones is 1. The van der Waals surface area contributed by atoms with E-state index in [0.717, 1.165) is 16.3 Å². The van der Waals surface area contributed by atoms with E-state index >= 15 is 0 Å². The minimum absolute atomic E-state index is 0.0160. The Kier molecular flexibility index (Phi) is 6.51. The zero-order chi connectivity index (χ0) is 26.4. The van der Waals surface area contributed by atoms with Crippen LogP contribution in [-0.4, -0.2) is 29.7 Å². The van der Waals surface area contributed by atoms with Gasteiger partial charge in [0.2, 0.25) is 0 Å². The fraction of sp³-hybridized carbons (Fsp3) is 0.179. The highest BCUT2D eigenvalue weighted by Gasteiger charge is 2.33. The molecule has 0 spiro atoms. The van der Waals surface area contributed by atoms with E-state index in [2.05, 4.69) is 20.9 Å². The number of phenolic OH excluding ortho intramolecular Hbond substituents is 1. The number of Topliss-reactive ketones (excluding diaryl/α,β-unsaturated/α-hetero) is 1. The number of thiazole rings is 1. The minimum Gasteiger partial charge on any atom is -0.504 e. The second-order valence-electron chi connectivity index (χ2n) is 8.59. The third-order valence-electron chi connectivity index (χ3n) is 6.41. The van der Waals surface area contributed by atoms with Crippen LogP contribution in [0.15, 0.2) is 74.1 Å². The van der Waals surface area contributed by atoms with E-state index in [1.807, 2.05) is 36.4 Å². The fourth-order valence-electron chi connectivity index (χ4n) is 4.75. The molecule has 1 aromatic heterocycles. The van der Waals surface area contributed by atoms with Crippen molar-refractivity contribution in [3.05, 3.63) is 95.1 Å². The molecular formula is C28H23BrN2O5S. The van der Waals surface area contributed by atoms with Crippen LogP contribution >= 0.6 is 27.3 Å². The van der Waals surface area contributed by atoms with Crippen LogP contribution < -0.4 is 24.4 Å². The monoisotopic (exact) mass is 578 g/mol. The van der Waals surface area contributed by atoms with Crippen LogP contribution in [0.2, 0.25) is 0 Å².